The van der Waals surface area contributed by atoms with Crippen LogP contribution in [0.1, 0.15) is 18.1 Å². The van der Waals surface area contributed by atoms with Gasteiger partial charge in [0.25, 0.3) is 0 Å². The molecule has 112 valence electrons. The van der Waals surface area contributed by atoms with Crippen LogP contribution < -0.4 is 4.74 Å². The van der Waals surface area contributed by atoms with Crippen LogP contribution in [0.3, 0.4) is 0 Å². The first kappa shape index (κ1) is 15.9. The average Bonchev–Trinajstić information content (AvgIpc) is 2.78. The molecule has 0 N–H and O–H groups in total. The van der Waals surface area contributed by atoms with Gasteiger partial charge in [-0.1, -0.05) is 17.7 Å². The molecule has 0 saturated carbocycles. The molecule has 1 aromatic carbocycles. The van der Waals surface area contributed by atoms with E-state index < -0.39 is 0 Å². The third kappa shape index (κ3) is 3.41. The van der Waals surface area contributed by atoms with E-state index in [1.54, 1.807) is 6.08 Å². The van der Waals surface area contributed by atoms with E-state index in [1.807, 2.05) is 37.8 Å². The summed E-state index contributed by atoms with van der Waals surface area (Å²) in [6.07, 6.45) is 1.36. The molecule has 0 bridgehead atoms. The van der Waals surface area contributed by atoms with E-state index in [-0.39, 0.29) is 12.3 Å². The maximum atomic E-state index is 6.17. The summed E-state index contributed by atoms with van der Waals surface area (Å²) in [7, 11) is 0. The van der Waals surface area contributed by atoms with Crippen LogP contribution in [0.5, 0.6) is 5.75 Å². The molecule has 6 heteroatoms. The fourth-order valence-electron chi connectivity index (χ4n) is 2.26. The zero-order valence-electron chi connectivity index (χ0n) is 12.3. The second-order valence-corrected chi connectivity index (χ2v) is 5.79. The SMILES string of the molecule is C=CCN1C(=S)N=NC1C(C)Oc1cc(C)c(Cl)c(C)c1. The first-order chi connectivity index (χ1) is 9.93. The predicted molar refractivity (Wildman–Crippen MR) is 89.2 cm³/mol. The molecule has 1 heterocycles. The van der Waals surface area contributed by atoms with Crippen LogP contribution in [0.2, 0.25) is 5.02 Å². The van der Waals surface area contributed by atoms with Crippen molar-refractivity contribution >= 4 is 28.9 Å². The van der Waals surface area contributed by atoms with Crippen molar-refractivity contribution in [3.63, 3.8) is 0 Å². The lowest BCUT2D eigenvalue weighted by Crippen LogP contribution is -2.42. The molecule has 0 saturated heterocycles. The number of azo groups is 1. The molecular weight excluding hydrogens is 306 g/mol. The molecule has 2 atom stereocenters. The standard InChI is InChI=1S/C15H18ClN3OS/c1-5-6-19-14(17-18-15(19)21)11(4)20-12-7-9(2)13(16)10(3)8-12/h5,7-8,11,14H,1,6H2,2-4H3. The van der Waals surface area contributed by atoms with Gasteiger partial charge >= 0.3 is 0 Å². The molecule has 0 spiro atoms. The molecule has 0 fully saturated rings. The number of aryl methyl sites for hydroxylation is 2. The highest BCUT2D eigenvalue weighted by molar-refractivity contribution is 7.80. The molecule has 0 aromatic heterocycles. The lowest BCUT2D eigenvalue weighted by Gasteiger charge is -2.27. The lowest BCUT2D eigenvalue weighted by molar-refractivity contribution is 0.136. The Bertz CT molecular complexity index is 580. The van der Waals surface area contributed by atoms with Gasteiger partial charge in [-0.15, -0.1) is 11.7 Å². The number of hydrogen-bond donors (Lipinski definition) is 0. The second kappa shape index (κ2) is 6.54. The number of benzene rings is 1. The van der Waals surface area contributed by atoms with Gasteiger partial charge in [0.2, 0.25) is 5.11 Å². The van der Waals surface area contributed by atoms with Gasteiger partial charge in [-0.2, -0.15) is 5.11 Å². The Labute approximate surface area is 135 Å². The highest BCUT2D eigenvalue weighted by Crippen LogP contribution is 2.28. The Morgan fingerprint density at radius 3 is 2.67 bits per heavy atom. The minimum absolute atomic E-state index is 0.186. The van der Waals surface area contributed by atoms with Crippen molar-refractivity contribution in [2.24, 2.45) is 10.2 Å². The average molecular weight is 324 g/mol. The summed E-state index contributed by atoms with van der Waals surface area (Å²) in [4.78, 5) is 1.89. The number of hydrogen-bond acceptors (Lipinski definition) is 3. The van der Waals surface area contributed by atoms with Crippen molar-refractivity contribution in [2.75, 3.05) is 6.54 Å². The number of nitrogens with zero attached hydrogens (tertiary/aromatic N) is 3. The normalized spacial score (nSPS) is 19.0. The summed E-state index contributed by atoms with van der Waals surface area (Å²) in [5.74, 6) is 0.772. The quantitative estimate of drug-likeness (QED) is 0.599. The molecular formula is C15H18ClN3OS. The fourth-order valence-corrected chi connectivity index (χ4v) is 2.60. The summed E-state index contributed by atoms with van der Waals surface area (Å²) in [6.45, 7) is 10.2. The van der Waals surface area contributed by atoms with Crippen molar-refractivity contribution in [3.05, 3.63) is 40.9 Å². The minimum Gasteiger partial charge on any atom is -0.486 e. The second-order valence-electron chi connectivity index (χ2n) is 5.05. The first-order valence-electron chi connectivity index (χ1n) is 6.69. The van der Waals surface area contributed by atoms with E-state index in [2.05, 4.69) is 16.8 Å². The van der Waals surface area contributed by atoms with Gasteiger partial charge in [0, 0.05) is 11.6 Å². The highest BCUT2D eigenvalue weighted by Gasteiger charge is 2.31. The smallest absolute Gasteiger partial charge is 0.218 e. The topological polar surface area (TPSA) is 37.2 Å². The third-order valence-electron chi connectivity index (χ3n) is 3.30. The summed E-state index contributed by atoms with van der Waals surface area (Å²) >= 11 is 11.3. The van der Waals surface area contributed by atoms with Gasteiger partial charge in [0.15, 0.2) is 6.17 Å². The van der Waals surface area contributed by atoms with Crippen LogP contribution in [-0.2, 0) is 0 Å². The molecule has 21 heavy (non-hydrogen) atoms. The van der Waals surface area contributed by atoms with Gasteiger partial charge in [-0.3, -0.25) is 0 Å². The van der Waals surface area contributed by atoms with Crippen molar-refractivity contribution in [1.29, 1.82) is 0 Å². The Kier molecular flexibility index (Phi) is 4.96. The molecule has 1 aliphatic heterocycles. The highest BCUT2D eigenvalue weighted by atomic mass is 35.5. The zero-order valence-corrected chi connectivity index (χ0v) is 13.9. The van der Waals surface area contributed by atoms with Crippen LogP contribution in [0.4, 0.5) is 0 Å². The monoisotopic (exact) mass is 323 g/mol. The van der Waals surface area contributed by atoms with Crippen LogP contribution in [-0.4, -0.2) is 28.8 Å². The van der Waals surface area contributed by atoms with Gasteiger partial charge in [0.1, 0.15) is 11.9 Å². The number of ether oxygens (including phenoxy) is 1. The first-order valence-corrected chi connectivity index (χ1v) is 7.48. The van der Waals surface area contributed by atoms with Crippen molar-refractivity contribution in [3.8, 4) is 5.75 Å². The predicted octanol–water partition coefficient (Wildman–Crippen LogP) is 4.29. The van der Waals surface area contributed by atoms with Crippen LogP contribution in [0.25, 0.3) is 0 Å². The molecule has 0 aliphatic carbocycles. The van der Waals surface area contributed by atoms with Gasteiger partial charge in [0.05, 0.1) is 0 Å². The van der Waals surface area contributed by atoms with Crippen molar-refractivity contribution in [2.45, 2.75) is 33.0 Å². The van der Waals surface area contributed by atoms with Crippen LogP contribution >= 0.6 is 23.8 Å². The van der Waals surface area contributed by atoms with Gasteiger partial charge in [-0.25, -0.2) is 0 Å². The van der Waals surface area contributed by atoms with E-state index in [1.165, 1.54) is 0 Å². The Hall–Kier alpha value is -1.46. The fraction of sp³-hybridized carbons (Fsp3) is 0.400. The maximum Gasteiger partial charge on any atom is 0.218 e. The van der Waals surface area contributed by atoms with E-state index in [9.17, 15) is 0 Å². The van der Waals surface area contributed by atoms with Crippen molar-refractivity contribution in [1.82, 2.24) is 4.90 Å². The molecule has 4 nitrogen and oxygen atoms in total. The van der Waals surface area contributed by atoms with Crippen molar-refractivity contribution < 1.29 is 4.74 Å². The van der Waals surface area contributed by atoms with Gasteiger partial charge in [-0.05, 0) is 56.2 Å². The largest absolute Gasteiger partial charge is 0.486 e. The van der Waals surface area contributed by atoms with Gasteiger partial charge < -0.3 is 9.64 Å². The van der Waals surface area contributed by atoms with E-state index in [0.717, 1.165) is 21.9 Å². The van der Waals surface area contributed by atoms with E-state index >= 15 is 0 Å². The summed E-state index contributed by atoms with van der Waals surface area (Å²) < 4.78 is 5.99. The number of thiocarbonyl (C=S) groups is 1. The summed E-state index contributed by atoms with van der Waals surface area (Å²) in [5, 5.41) is 9.39. The summed E-state index contributed by atoms with van der Waals surface area (Å²) in [6, 6.07) is 3.85. The zero-order chi connectivity index (χ0) is 15.6. The Balaban J connectivity index is 2.14. The summed E-state index contributed by atoms with van der Waals surface area (Å²) in [5.41, 5.74) is 1.98. The van der Waals surface area contributed by atoms with E-state index in [4.69, 9.17) is 28.6 Å². The molecule has 1 aromatic rings. The van der Waals surface area contributed by atoms with E-state index in [0.29, 0.717) is 11.7 Å². The number of halogens is 1. The Morgan fingerprint density at radius 2 is 2.10 bits per heavy atom. The maximum absolute atomic E-state index is 6.17. The van der Waals surface area contributed by atoms with Crippen LogP contribution in [0.15, 0.2) is 35.0 Å². The lowest BCUT2D eigenvalue weighted by atomic mass is 10.1. The number of rotatable bonds is 5. The molecule has 0 amide bonds. The third-order valence-corrected chi connectivity index (χ3v) is 4.22. The minimum atomic E-state index is -0.230. The Morgan fingerprint density at radius 1 is 1.48 bits per heavy atom. The molecule has 1 aliphatic rings. The molecule has 2 rings (SSSR count). The van der Waals surface area contributed by atoms with Crippen LogP contribution in [0, 0.1) is 13.8 Å². The molecule has 2 unspecified atom stereocenters. The molecule has 0 radical (unpaired) electrons.